The van der Waals surface area contributed by atoms with Gasteiger partial charge in [-0.15, -0.1) is 0 Å². The van der Waals surface area contributed by atoms with Gasteiger partial charge in [-0.05, 0) is 33.6 Å². The van der Waals surface area contributed by atoms with Crippen LogP contribution in [0.2, 0.25) is 0 Å². The van der Waals surface area contributed by atoms with Crippen molar-refractivity contribution in [2.45, 2.75) is 50.8 Å². The predicted molar refractivity (Wildman–Crippen MR) is 50.0 cm³/mol. The zero-order valence-electron chi connectivity index (χ0n) is 8.46. The molecule has 0 bridgehead atoms. The van der Waals surface area contributed by atoms with Crippen molar-refractivity contribution in [2.75, 3.05) is 0 Å². The number of hydrogen-bond donors (Lipinski definition) is 2. The van der Waals surface area contributed by atoms with E-state index in [2.05, 4.69) is 0 Å². The van der Waals surface area contributed by atoms with E-state index in [1.165, 1.54) is 0 Å². The zero-order valence-corrected chi connectivity index (χ0v) is 8.46. The first-order valence-corrected chi connectivity index (χ1v) is 4.52. The molecule has 1 aliphatic rings. The Kier molecular flexibility index (Phi) is 2.38. The lowest BCUT2D eigenvalue weighted by Gasteiger charge is -2.24. The van der Waals surface area contributed by atoms with E-state index in [9.17, 15) is 4.79 Å². The van der Waals surface area contributed by atoms with Crippen molar-refractivity contribution in [2.24, 2.45) is 11.5 Å². The topological polar surface area (TPSA) is 78.3 Å². The summed E-state index contributed by atoms with van der Waals surface area (Å²) in [6.45, 7) is 5.44. The number of carbonyl (C=O) groups excluding carboxylic acids is 1. The summed E-state index contributed by atoms with van der Waals surface area (Å²) in [6, 6.07) is -0.674. The van der Waals surface area contributed by atoms with Gasteiger partial charge in [0.15, 0.2) is 0 Å². The van der Waals surface area contributed by atoms with Crippen LogP contribution >= 0.6 is 0 Å². The first-order chi connectivity index (χ1) is 5.75. The van der Waals surface area contributed by atoms with Gasteiger partial charge in [-0.25, -0.2) is 0 Å². The van der Waals surface area contributed by atoms with Gasteiger partial charge >= 0.3 is 5.97 Å². The van der Waals surface area contributed by atoms with Crippen LogP contribution in [0.15, 0.2) is 0 Å². The molecule has 0 amide bonds. The second-order valence-corrected chi connectivity index (χ2v) is 4.74. The fourth-order valence-electron chi connectivity index (χ4n) is 1.06. The van der Waals surface area contributed by atoms with Crippen LogP contribution in [0.4, 0.5) is 0 Å². The van der Waals surface area contributed by atoms with E-state index in [1.807, 2.05) is 20.8 Å². The number of carbonyl (C=O) groups is 1. The Morgan fingerprint density at radius 2 is 1.92 bits per heavy atom. The SMILES string of the molecule is CC(C)(C)OC(=O)C(N)C1(N)CC1. The molecule has 0 aromatic rings. The molecule has 0 aliphatic heterocycles. The van der Waals surface area contributed by atoms with E-state index in [-0.39, 0.29) is 0 Å². The Labute approximate surface area is 78.6 Å². The first-order valence-electron chi connectivity index (χ1n) is 4.52. The highest BCUT2D eigenvalue weighted by Gasteiger charge is 2.48. The molecule has 1 saturated carbocycles. The fourth-order valence-corrected chi connectivity index (χ4v) is 1.06. The van der Waals surface area contributed by atoms with Crippen molar-refractivity contribution < 1.29 is 9.53 Å². The summed E-state index contributed by atoms with van der Waals surface area (Å²) < 4.78 is 5.12. The zero-order chi connectivity index (χ0) is 10.3. The molecule has 0 aromatic heterocycles. The third-order valence-electron chi connectivity index (χ3n) is 2.11. The second-order valence-electron chi connectivity index (χ2n) is 4.74. The molecule has 76 valence electrons. The number of esters is 1. The lowest BCUT2D eigenvalue weighted by molar-refractivity contribution is -0.157. The van der Waals surface area contributed by atoms with Gasteiger partial charge in [-0.3, -0.25) is 4.79 Å². The molecular weight excluding hydrogens is 168 g/mol. The second kappa shape index (κ2) is 2.96. The van der Waals surface area contributed by atoms with Gasteiger partial charge in [0.25, 0.3) is 0 Å². The van der Waals surface area contributed by atoms with Gasteiger partial charge in [-0.2, -0.15) is 0 Å². The van der Waals surface area contributed by atoms with Gasteiger partial charge in [0, 0.05) is 5.54 Å². The highest BCUT2D eigenvalue weighted by Crippen LogP contribution is 2.35. The van der Waals surface area contributed by atoms with E-state index in [0.29, 0.717) is 0 Å². The van der Waals surface area contributed by atoms with E-state index in [4.69, 9.17) is 16.2 Å². The molecule has 0 spiro atoms. The molecule has 1 unspecified atom stereocenters. The molecule has 1 fully saturated rings. The van der Waals surface area contributed by atoms with Crippen LogP contribution in [0.3, 0.4) is 0 Å². The monoisotopic (exact) mass is 186 g/mol. The molecule has 0 aromatic carbocycles. The van der Waals surface area contributed by atoms with Gasteiger partial charge in [0.1, 0.15) is 11.6 Å². The maximum atomic E-state index is 11.4. The van der Waals surface area contributed by atoms with Gasteiger partial charge in [-0.1, -0.05) is 0 Å². The Morgan fingerprint density at radius 3 is 2.23 bits per heavy atom. The number of rotatable bonds is 2. The molecule has 4 heteroatoms. The van der Waals surface area contributed by atoms with Crippen LogP contribution in [-0.4, -0.2) is 23.2 Å². The van der Waals surface area contributed by atoms with Crippen LogP contribution in [0.25, 0.3) is 0 Å². The molecule has 1 atom stereocenters. The van der Waals surface area contributed by atoms with Crippen LogP contribution in [0.5, 0.6) is 0 Å². The van der Waals surface area contributed by atoms with E-state index < -0.39 is 23.2 Å². The minimum absolute atomic E-state index is 0.396. The molecule has 0 radical (unpaired) electrons. The van der Waals surface area contributed by atoms with E-state index >= 15 is 0 Å². The molecule has 4 nitrogen and oxygen atoms in total. The predicted octanol–water partition coefficient (Wildman–Crippen LogP) is 0.147. The quantitative estimate of drug-likeness (QED) is 0.601. The lowest BCUT2D eigenvalue weighted by Crippen LogP contribution is -2.51. The largest absolute Gasteiger partial charge is 0.459 e. The lowest BCUT2D eigenvalue weighted by atomic mass is 10.1. The normalized spacial score (nSPS) is 22.2. The molecule has 0 heterocycles. The van der Waals surface area contributed by atoms with Crippen molar-refractivity contribution in [3.63, 3.8) is 0 Å². The molecule has 4 N–H and O–H groups in total. The number of nitrogens with two attached hydrogens (primary N) is 2. The Hall–Kier alpha value is -0.610. The summed E-state index contributed by atoms with van der Waals surface area (Å²) in [7, 11) is 0. The van der Waals surface area contributed by atoms with Crippen LogP contribution in [-0.2, 0) is 9.53 Å². The molecule has 0 saturated heterocycles. The van der Waals surface area contributed by atoms with Crippen molar-refractivity contribution in [3.05, 3.63) is 0 Å². The average Bonchev–Trinajstić information content (AvgIpc) is 2.64. The maximum Gasteiger partial charge on any atom is 0.325 e. The van der Waals surface area contributed by atoms with Crippen molar-refractivity contribution in [1.29, 1.82) is 0 Å². The minimum Gasteiger partial charge on any atom is -0.459 e. The van der Waals surface area contributed by atoms with Gasteiger partial charge in [0.2, 0.25) is 0 Å². The third kappa shape index (κ3) is 2.67. The van der Waals surface area contributed by atoms with Gasteiger partial charge < -0.3 is 16.2 Å². The molecule has 1 rings (SSSR count). The van der Waals surface area contributed by atoms with Crippen LogP contribution in [0.1, 0.15) is 33.6 Å². The summed E-state index contributed by atoms with van der Waals surface area (Å²) >= 11 is 0. The van der Waals surface area contributed by atoms with Crippen LogP contribution in [0, 0.1) is 0 Å². The Bertz CT molecular complexity index is 216. The van der Waals surface area contributed by atoms with E-state index in [0.717, 1.165) is 12.8 Å². The average molecular weight is 186 g/mol. The first kappa shape index (κ1) is 10.5. The minimum atomic E-state index is -0.674. The number of ether oxygens (including phenoxy) is 1. The Morgan fingerprint density at radius 1 is 1.46 bits per heavy atom. The van der Waals surface area contributed by atoms with E-state index in [1.54, 1.807) is 0 Å². The standard InChI is InChI=1S/C9H18N2O2/c1-8(2,3)13-7(12)6(10)9(11)4-5-9/h6H,4-5,10-11H2,1-3H3. The third-order valence-corrected chi connectivity index (χ3v) is 2.11. The van der Waals surface area contributed by atoms with Crippen LogP contribution < -0.4 is 11.5 Å². The van der Waals surface area contributed by atoms with Gasteiger partial charge in [0.05, 0.1) is 0 Å². The number of hydrogen-bond acceptors (Lipinski definition) is 4. The summed E-state index contributed by atoms with van der Waals surface area (Å²) in [5.41, 5.74) is 10.5. The highest BCUT2D eigenvalue weighted by molar-refractivity contribution is 5.78. The molecule has 1 aliphatic carbocycles. The van der Waals surface area contributed by atoms with Crippen molar-refractivity contribution in [1.82, 2.24) is 0 Å². The highest BCUT2D eigenvalue weighted by atomic mass is 16.6. The Balaban J connectivity index is 2.49. The fraction of sp³-hybridized carbons (Fsp3) is 0.889. The summed E-state index contributed by atoms with van der Waals surface area (Å²) in [5, 5.41) is 0. The van der Waals surface area contributed by atoms with Crippen molar-refractivity contribution in [3.8, 4) is 0 Å². The molecular formula is C9H18N2O2. The summed E-state index contributed by atoms with van der Waals surface area (Å²) in [5.74, 6) is -0.396. The van der Waals surface area contributed by atoms with Crippen molar-refractivity contribution >= 4 is 5.97 Å². The summed E-state index contributed by atoms with van der Waals surface area (Å²) in [6.07, 6.45) is 1.63. The smallest absolute Gasteiger partial charge is 0.325 e. The maximum absolute atomic E-state index is 11.4. The molecule has 13 heavy (non-hydrogen) atoms. The summed E-state index contributed by atoms with van der Waals surface area (Å²) in [4.78, 5) is 11.4.